The molecule has 3 heterocycles. The summed E-state index contributed by atoms with van der Waals surface area (Å²) in [6.45, 7) is 2.03. The number of imidazole rings is 1. The van der Waals surface area contributed by atoms with Crippen LogP contribution in [0.5, 0.6) is 0 Å². The van der Waals surface area contributed by atoms with Gasteiger partial charge < -0.3 is 5.11 Å². The number of carboxylic acids is 1. The Morgan fingerprint density at radius 1 is 1.39 bits per heavy atom. The summed E-state index contributed by atoms with van der Waals surface area (Å²) < 4.78 is 1.81. The highest BCUT2D eigenvalue weighted by atomic mass is 32.1. The third kappa shape index (κ3) is 1.60. The minimum Gasteiger partial charge on any atom is -0.478 e. The van der Waals surface area contributed by atoms with Crippen molar-refractivity contribution in [3.8, 4) is 10.7 Å². The molecule has 0 aliphatic rings. The first-order valence-electron chi connectivity index (χ1n) is 5.43. The molecule has 0 aliphatic heterocycles. The Hall–Kier alpha value is -2.14. The van der Waals surface area contributed by atoms with Crippen LogP contribution in [0.3, 0.4) is 0 Å². The summed E-state index contributed by atoms with van der Waals surface area (Å²) in [5, 5.41) is 9.13. The quantitative estimate of drug-likeness (QED) is 0.768. The largest absolute Gasteiger partial charge is 0.478 e. The standard InChI is InChI=1S/C13H10N2O2S/c1-8-4-5-11(18-8)12-14-7-10-9(13(16)17)3-2-6-15(10)12/h2-7H,1H3,(H,16,17). The third-order valence-corrected chi connectivity index (χ3v) is 3.76. The van der Waals surface area contributed by atoms with Crippen LogP contribution in [0.15, 0.2) is 36.7 Å². The number of rotatable bonds is 2. The summed E-state index contributed by atoms with van der Waals surface area (Å²) >= 11 is 1.64. The Morgan fingerprint density at radius 2 is 2.22 bits per heavy atom. The molecule has 0 bridgehead atoms. The normalized spacial score (nSPS) is 10.9. The number of carboxylic acid groups (broad SMARTS) is 1. The molecule has 0 aromatic carbocycles. The van der Waals surface area contributed by atoms with Gasteiger partial charge in [0.15, 0.2) is 5.82 Å². The molecule has 0 radical (unpaired) electrons. The molecule has 3 aromatic rings. The Bertz CT molecular complexity index is 742. The Balaban J connectivity index is 2.27. The number of carbonyl (C=O) groups is 1. The van der Waals surface area contributed by atoms with Crippen molar-refractivity contribution in [1.82, 2.24) is 9.38 Å². The number of hydrogen-bond donors (Lipinski definition) is 1. The molecule has 0 amide bonds. The maximum atomic E-state index is 11.1. The van der Waals surface area contributed by atoms with Crippen LogP contribution in [0.25, 0.3) is 16.2 Å². The SMILES string of the molecule is Cc1ccc(-c2ncc3c(C(=O)O)cccn23)s1. The minimum absolute atomic E-state index is 0.268. The number of aryl methyl sites for hydroxylation is 1. The van der Waals surface area contributed by atoms with E-state index in [1.807, 2.05) is 29.7 Å². The van der Waals surface area contributed by atoms with Crippen molar-refractivity contribution < 1.29 is 9.90 Å². The Labute approximate surface area is 107 Å². The van der Waals surface area contributed by atoms with Crippen LogP contribution in [0.4, 0.5) is 0 Å². The van der Waals surface area contributed by atoms with Crippen LogP contribution in [0.1, 0.15) is 15.2 Å². The van der Waals surface area contributed by atoms with Gasteiger partial charge in [0, 0.05) is 11.1 Å². The van der Waals surface area contributed by atoms with Crippen LogP contribution in [-0.2, 0) is 0 Å². The molecule has 18 heavy (non-hydrogen) atoms. The van der Waals surface area contributed by atoms with Gasteiger partial charge in [0.1, 0.15) is 0 Å². The van der Waals surface area contributed by atoms with Gasteiger partial charge in [-0.1, -0.05) is 0 Å². The molecule has 3 aromatic heterocycles. The van der Waals surface area contributed by atoms with Crippen LogP contribution < -0.4 is 0 Å². The number of aromatic carboxylic acids is 1. The van der Waals surface area contributed by atoms with E-state index in [2.05, 4.69) is 4.98 Å². The first-order chi connectivity index (χ1) is 8.66. The number of nitrogens with zero attached hydrogens (tertiary/aromatic N) is 2. The molecule has 0 saturated heterocycles. The van der Waals surface area contributed by atoms with Gasteiger partial charge in [0.25, 0.3) is 0 Å². The molecule has 0 fully saturated rings. The lowest BCUT2D eigenvalue weighted by atomic mass is 10.2. The number of thiophene rings is 1. The fraction of sp³-hybridized carbons (Fsp3) is 0.0769. The average Bonchev–Trinajstić information content (AvgIpc) is 2.93. The topological polar surface area (TPSA) is 54.6 Å². The summed E-state index contributed by atoms with van der Waals surface area (Å²) in [4.78, 5) is 17.7. The van der Waals surface area contributed by atoms with Gasteiger partial charge in [-0.25, -0.2) is 9.78 Å². The summed E-state index contributed by atoms with van der Waals surface area (Å²) in [7, 11) is 0. The monoisotopic (exact) mass is 258 g/mol. The molecule has 5 heteroatoms. The molecule has 90 valence electrons. The maximum absolute atomic E-state index is 11.1. The molecular weight excluding hydrogens is 248 g/mol. The lowest BCUT2D eigenvalue weighted by Gasteiger charge is -2.01. The minimum atomic E-state index is -0.936. The van der Waals surface area contributed by atoms with Gasteiger partial charge in [-0.3, -0.25) is 4.40 Å². The first-order valence-corrected chi connectivity index (χ1v) is 6.24. The van der Waals surface area contributed by atoms with E-state index in [1.54, 1.807) is 29.7 Å². The average molecular weight is 258 g/mol. The van der Waals surface area contributed by atoms with E-state index in [0.717, 1.165) is 10.7 Å². The Morgan fingerprint density at radius 3 is 2.89 bits per heavy atom. The van der Waals surface area contributed by atoms with Gasteiger partial charge in [0.2, 0.25) is 0 Å². The second-order valence-corrected chi connectivity index (χ2v) is 5.26. The van der Waals surface area contributed by atoms with E-state index >= 15 is 0 Å². The van der Waals surface area contributed by atoms with E-state index in [4.69, 9.17) is 5.11 Å². The number of fused-ring (bicyclic) bond motifs is 1. The number of pyridine rings is 1. The molecule has 0 unspecified atom stereocenters. The predicted molar refractivity (Wildman–Crippen MR) is 70.2 cm³/mol. The van der Waals surface area contributed by atoms with Crippen LogP contribution >= 0.6 is 11.3 Å². The van der Waals surface area contributed by atoms with Gasteiger partial charge in [0.05, 0.1) is 22.2 Å². The second-order valence-electron chi connectivity index (χ2n) is 3.97. The highest BCUT2D eigenvalue weighted by Crippen LogP contribution is 2.28. The lowest BCUT2D eigenvalue weighted by molar-refractivity contribution is 0.0698. The fourth-order valence-electron chi connectivity index (χ4n) is 1.94. The van der Waals surface area contributed by atoms with Crippen molar-refractivity contribution in [3.63, 3.8) is 0 Å². The van der Waals surface area contributed by atoms with E-state index < -0.39 is 5.97 Å². The van der Waals surface area contributed by atoms with Crippen LogP contribution in [0, 0.1) is 6.92 Å². The highest BCUT2D eigenvalue weighted by Gasteiger charge is 2.13. The van der Waals surface area contributed by atoms with E-state index in [-0.39, 0.29) is 5.56 Å². The molecular formula is C13H10N2O2S. The van der Waals surface area contributed by atoms with E-state index in [0.29, 0.717) is 5.52 Å². The lowest BCUT2D eigenvalue weighted by Crippen LogP contribution is -1.99. The summed E-state index contributed by atoms with van der Waals surface area (Å²) in [5.74, 6) is -0.152. The van der Waals surface area contributed by atoms with Crippen LogP contribution in [0.2, 0.25) is 0 Å². The summed E-state index contributed by atoms with van der Waals surface area (Å²) in [5.41, 5.74) is 0.885. The zero-order valence-electron chi connectivity index (χ0n) is 9.62. The first kappa shape index (κ1) is 11.0. The van der Waals surface area contributed by atoms with Gasteiger partial charge in [-0.05, 0) is 31.2 Å². The highest BCUT2D eigenvalue weighted by molar-refractivity contribution is 7.15. The zero-order chi connectivity index (χ0) is 12.7. The van der Waals surface area contributed by atoms with Gasteiger partial charge in [-0.2, -0.15) is 0 Å². The molecule has 0 aliphatic carbocycles. The Kier molecular flexibility index (Phi) is 2.41. The third-order valence-electron chi connectivity index (χ3n) is 2.76. The molecule has 0 atom stereocenters. The summed E-state index contributed by atoms with van der Waals surface area (Å²) in [6.07, 6.45) is 3.44. The predicted octanol–water partition coefficient (Wildman–Crippen LogP) is 3.07. The van der Waals surface area contributed by atoms with Crippen molar-refractivity contribution in [2.45, 2.75) is 6.92 Å². The molecule has 4 nitrogen and oxygen atoms in total. The van der Waals surface area contributed by atoms with Crippen molar-refractivity contribution in [3.05, 3.63) is 47.1 Å². The molecule has 3 rings (SSSR count). The molecule has 0 saturated carbocycles. The van der Waals surface area contributed by atoms with Crippen molar-refractivity contribution >= 4 is 22.8 Å². The van der Waals surface area contributed by atoms with Gasteiger partial charge >= 0.3 is 5.97 Å². The summed E-state index contributed by atoms with van der Waals surface area (Å²) in [6, 6.07) is 7.34. The zero-order valence-corrected chi connectivity index (χ0v) is 10.4. The van der Waals surface area contributed by atoms with Crippen LogP contribution in [-0.4, -0.2) is 20.5 Å². The van der Waals surface area contributed by atoms with Crippen molar-refractivity contribution in [2.75, 3.05) is 0 Å². The van der Waals surface area contributed by atoms with Crippen molar-refractivity contribution in [1.29, 1.82) is 0 Å². The number of aromatic nitrogens is 2. The van der Waals surface area contributed by atoms with E-state index in [9.17, 15) is 4.79 Å². The smallest absolute Gasteiger partial charge is 0.337 e. The second kappa shape index (κ2) is 3.96. The molecule has 0 spiro atoms. The number of hydrogen-bond acceptors (Lipinski definition) is 3. The molecule has 1 N–H and O–H groups in total. The van der Waals surface area contributed by atoms with E-state index in [1.165, 1.54) is 4.88 Å². The fourth-order valence-corrected chi connectivity index (χ4v) is 2.80. The van der Waals surface area contributed by atoms with Gasteiger partial charge in [-0.15, -0.1) is 11.3 Å². The van der Waals surface area contributed by atoms with Crippen molar-refractivity contribution in [2.24, 2.45) is 0 Å². The maximum Gasteiger partial charge on any atom is 0.337 e.